The number of nitrogens with zero attached hydrogens (tertiary/aromatic N) is 4. The van der Waals surface area contributed by atoms with Crippen molar-refractivity contribution in [2.45, 2.75) is 39.1 Å². The Hall–Kier alpha value is -3.27. The van der Waals surface area contributed by atoms with Gasteiger partial charge in [0.25, 0.3) is 0 Å². The number of hydrogen-bond donors (Lipinski definition) is 0. The molecule has 0 radical (unpaired) electrons. The maximum absolute atomic E-state index is 13.4. The van der Waals surface area contributed by atoms with Crippen LogP contribution in [0.4, 0.5) is 0 Å². The van der Waals surface area contributed by atoms with Crippen molar-refractivity contribution < 1.29 is 22.7 Å². The van der Waals surface area contributed by atoms with Crippen molar-refractivity contribution >= 4 is 21.6 Å². The van der Waals surface area contributed by atoms with Crippen LogP contribution in [0, 0.1) is 20.8 Å². The molecule has 164 valence electrons. The Balaban J connectivity index is 2.07. The van der Waals surface area contributed by atoms with E-state index in [1.807, 2.05) is 13.8 Å². The third-order valence-corrected chi connectivity index (χ3v) is 5.99. The fourth-order valence-electron chi connectivity index (χ4n) is 3.34. The normalized spacial score (nSPS) is 11.5. The van der Waals surface area contributed by atoms with Crippen molar-refractivity contribution in [2.75, 3.05) is 6.26 Å². The minimum atomic E-state index is -3.67. The molecule has 10 heteroatoms. The largest absolute Gasteiger partial charge is 0.402 e. The highest BCUT2D eigenvalue weighted by molar-refractivity contribution is 7.90. The number of aromatic nitrogens is 4. The molecular formula is C21H24N4O5S. The zero-order chi connectivity index (χ0) is 23.1. The highest BCUT2D eigenvalue weighted by Gasteiger charge is 2.29. The van der Waals surface area contributed by atoms with Gasteiger partial charge >= 0.3 is 5.97 Å². The lowest BCUT2D eigenvalue weighted by Crippen LogP contribution is -2.16. The number of ether oxygens (including phenoxy) is 1. The predicted molar refractivity (Wildman–Crippen MR) is 113 cm³/mol. The van der Waals surface area contributed by atoms with Crippen LogP contribution in [-0.2, 0) is 23.4 Å². The van der Waals surface area contributed by atoms with E-state index in [9.17, 15) is 18.0 Å². The molecule has 0 aliphatic carbocycles. The van der Waals surface area contributed by atoms with E-state index in [2.05, 4.69) is 10.2 Å². The molecule has 3 rings (SSSR count). The Bertz CT molecular complexity index is 1300. The molecule has 3 aromatic rings. The van der Waals surface area contributed by atoms with Gasteiger partial charge in [-0.2, -0.15) is 10.2 Å². The van der Waals surface area contributed by atoms with E-state index in [1.165, 1.54) is 23.9 Å². The van der Waals surface area contributed by atoms with Crippen LogP contribution in [0.2, 0.25) is 0 Å². The van der Waals surface area contributed by atoms with Crippen LogP contribution in [0.3, 0.4) is 0 Å². The second-order valence-electron chi connectivity index (χ2n) is 7.37. The summed E-state index contributed by atoms with van der Waals surface area (Å²) in [7, 11) is -2.13. The second kappa shape index (κ2) is 8.10. The number of ketones is 1. The summed E-state index contributed by atoms with van der Waals surface area (Å²) >= 11 is 0. The second-order valence-corrected chi connectivity index (χ2v) is 9.35. The van der Waals surface area contributed by atoms with Crippen LogP contribution in [0.1, 0.15) is 50.3 Å². The maximum atomic E-state index is 13.4. The van der Waals surface area contributed by atoms with Gasteiger partial charge in [-0.05, 0) is 51.5 Å². The molecule has 0 amide bonds. The average Bonchev–Trinajstić information content (AvgIpc) is 3.19. The summed E-state index contributed by atoms with van der Waals surface area (Å²) in [5.41, 5.74) is 1.93. The van der Waals surface area contributed by atoms with E-state index in [0.29, 0.717) is 17.8 Å². The third-order valence-electron chi connectivity index (χ3n) is 4.86. The molecule has 0 N–H and O–H groups in total. The summed E-state index contributed by atoms with van der Waals surface area (Å²) in [6, 6.07) is 6.15. The van der Waals surface area contributed by atoms with Crippen molar-refractivity contribution in [3.05, 3.63) is 58.0 Å². The number of aryl methyl sites for hydroxylation is 5. The van der Waals surface area contributed by atoms with Crippen LogP contribution < -0.4 is 4.74 Å². The van der Waals surface area contributed by atoms with Crippen molar-refractivity contribution in [2.24, 2.45) is 7.05 Å². The molecule has 0 bridgehead atoms. The first-order valence-corrected chi connectivity index (χ1v) is 11.5. The van der Waals surface area contributed by atoms with E-state index in [1.54, 1.807) is 30.7 Å². The van der Waals surface area contributed by atoms with Crippen LogP contribution >= 0.6 is 0 Å². The molecule has 0 aliphatic heterocycles. The summed E-state index contributed by atoms with van der Waals surface area (Å²) in [6.45, 7) is 7.64. The van der Waals surface area contributed by atoms with E-state index >= 15 is 0 Å². The molecule has 9 nitrogen and oxygen atoms in total. The van der Waals surface area contributed by atoms with Crippen LogP contribution in [0.15, 0.2) is 29.2 Å². The van der Waals surface area contributed by atoms with Gasteiger partial charge in [-0.15, -0.1) is 0 Å². The standard InChI is InChI=1S/C21H24N4O5S/c1-7-25-13(3)11-16(23-25)21(27)30-20-18(14(4)22-24(20)5)19(26)15-9-8-12(2)10-17(15)31(6,28)29/h8-11H,7H2,1-6H3. The Labute approximate surface area is 180 Å². The fraction of sp³-hybridized carbons (Fsp3) is 0.333. The maximum Gasteiger partial charge on any atom is 0.365 e. The van der Waals surface area contributed by atoms with Crippen molar-refractivity contribution in [1.82, 2.24) is 19.6 Å². The first-order chi connectivity index (χ1) is 14.4. The molecule has 2 heterocycles. The number of hydrogen-bond acceptors (Lipinski definition) is 7. The topological polar surface area (TPSA) is 113 Å². The van der Waals surface area contributed by atoms with E-state index in [-0.39, 0.29) is 27.6 Å². The van der Waals surface area contributed by atoms with Gasteiger partial charge in [-0.1, -0.05) is 6.07 Å². The van der Waals surface area contributed by atoms with E-state index in [4.69, 9.17) is 4.74 Å². The highest BCUT2D eigenvalue weighted by Crippen LogP contribution is 2.28. The van der Waals surface area contributed by atoms with Crippen LogP contribution in [-0.4, -0.2) is 46.0 Å². The summed E-state index contributed by atoms with van der Waals surface area (Å²) in [5.74, 6) is -1.40. The molecule has 31 heavy (non-hydrogen) atoms. The Morgan fingerprint density at radius 2 is 1.77 bits per heavy atom. The van der Waals surface area contributed by atoms with E-state index in [0.717, 1.165) is 11.9 Å². The van der Waals surface area contributed by atoms with Crippen LogP contribution in [0.5, 0.6) is 5.88 Å². The molecule has 0 saturated heterocycles. The van der Waals surface area contributed by atoms with E-state index < -0.39 is 21.6 Å². The first-order valence-electron chi connectivity index (χ1n) is 9.59. The molecule has 0 unspecified atom stereocenters. The molecule has 2 aromatic heterocycles. The summed E-state index contributed by atoms with van der Waals surface area (Å²) in [5, 5.41) is 8.39. The smallest absolute Gasteiger partial charge is 0.365 e. The van der Waals surface area contributed by atoms with Gasteiger partial charge in [0, 0.05) is 31.1 Å². The summed E-state index contributed by atoms with van der Waals surface area (Å²) in [4.78, 5) is 26.0. The number of benzene rings is 1. The summed E-state index contributed by atoms with van der Waals surface area (Å²) < 4.78 is 33.0. The quantitative estimate of drug-likeness (QED) is 0.424. The number of carbonyl (C=O) groups is 2. The van der Waals surface area contributed by atoms with Crippen molar-refractivity contribution in [3.63, 3.8) is 0 Å². The molecule has 0 fully saturated rings. The number of carbonyl (C=O) groups excluding carboxylic acids is 2. The van der Waals surface area contributed by atoms with Gasteiger partial charge in [0.2, 0.25) is 11.7 Å². The van der Waals surface area contributed by atoms with Gasteiger partial charge in [0.1, 0.15) is 5.56 Å². The SMILES string of the molecule is CCn1nc(C(=O)Oc2c(C(=O)c3ccc(C)cc3S(C)(=O)=O)c(C)nn2C)cc1C. The van der Waals surface area contributed by atoms with Gasteiger partial charge in [-0.25, -0.2) is 17.9 Å². The minimum absolute atomic E-state index is 0.00685. The molecular weight excluding hydrogens is 420 g/mol. The first kappa shape index (κ1) is 22.4. The van der Waals surface area contributed by atoms with Gasteiger partial charge < -0.3 is 4.74 Å². The lowest BCUT2D eigenvalue weighted by molar-refractivity contribution is 0.0711. The molecule has 0 atom stereocenters. The zero-order valence-electron chi connectivity index (χ0n) is 18.3. The van der Waals surface area contributed by atoms with Crippen LogP contribution in [0.25, 0.3) is 0 Å². The predicted octanol–water partition coefficient (Wildman–Crippen LogP) is 2.42. The average molecular weight is 445 g/mol. The Morgan fingerprint density at radius 1 is 1.10 bits per heavy atom. The summed E-state index contributed by atoms with van der Waals surface area (Å²) in [6.07, 6.45) is 1.04. The Morgan fingerprint density at radius 3 is 2.35 bits per heavy atom. The zero-order valence-corrected chi connectivity index (χ0v) is 19.1. The number of sulfone groups is 1. The molecule has 1 aromatic carbocycles. The third kappa shape index (κ3) is 4.29. The molecule has 0 spiro atoms. The fourth-order valence-corrected chi connectivity index (χ4v) is 4.30. The van der Waals surface area contributed by atoms with Gasteiger partial charge in [0.05, 0.1) is 10.6 Å². The number of esters is 1. The molecule has 0 saturated carbocycles. The van der Waals surface area contributed by atoms with Crippen molar-refractivity contribution in [1.29, 1.82) is 0 Å². The van der Waals surface area contributed by atoms with Gasteiger partial charge in [-0.3, -0.25) is 9.48 Å². The monoisotopic (exact) mass is 444 g/mol. The van der Waals surface area contributed by atoms with Gasteiger partial charge in [0.15, 0.2) is 15.5 Å². The molecule has 0 aliphatic rings. The van der Waals surface area contributed by atoms with Crippen molar-refractivity contribution in [3.8, 4) is 5.88 Å². The lowest BCUT2D eigenvalue weighted by Gasteiger charge is -2.10. The Kier molecular flexibility index (Phi) is 5.86. The highest BCUT2D eigenvalue weighted by atomic mass is 32.2. The number of rotatable bonds is 6. The minimum Gasteiger partial charge on any atom is -0.402 e. The lowest BCUT2D eigenvalue weighted by atomic mass is 10.0.